The molecular weight excluding hydrogens is 495 g/mol. The predicted octanol–water partition coefficient (Wildman–Crippen LogP) is 3.98. The van der Waals surface area contributed by atoms with Crippen molar-refractivity contribution in [3.8, 4) is 0 Å². The number of hydrogen-bond donors (Lipinski definition) is 3. The Labute approximate surface area is 193 Å². The van der Waals surface area contributed by atoms with Gasteiger partial charge in [-0.15, -0.1) is 35.3 Å². The average Bonchev–Trinajstić information content (AvgIpc) is 3.13. The van der Waals surface area contributed by atoms with E-state index in [0.717, 1.165) is 11.4 Å². The van der Waals surface area contributed by atoms with Gasteiger partial charge in [-0.05, 0) is 42.7 Å². The summed E-state index contributed by atoms with van der Waals surface area (Å²) >= 11 is 1.63. The minimum atomic E-state index is -0.568. The molecule has 0 aliphatic carbocycles. The van der Waals surface area contributed by atoms with Crippen LogP contribution >= 0.6 is 35.3 Å². The molecule has 156 valence electrons. The summed E-state index contributed by atoms with van der Waals surface area (Å²) in [5, 5.41) is 18.2. The minimum absolute atomic E-state index is 0. The largest absolute Gasteiger partial charge is 0.386 e. The molecule has 2 aromatic carbocycles. The van der Waals surface area contributed by atoms with Crippen LogP contribution in [0.15, 0.2) is 59.6 Å². The highest BCUT2D eigenvalue weighted by atomic mass is 127. The van der Waals surface area contributed by atoms with Crippen LogP contribution in [0, 0.1) is 0 Å². The number of hydrogen-bond acceptors (Lipinski definition) is 4. The fraction of sp³-hybridized carbons (Fsp3) is 0.318. The van der Waals surface area contributed by atoms with Gasteiger partial charge in [0.15, 0.2) is 5.96 Å². The molecule has 0 saturated carbocycles. The number of rotatable bonds is 7. The third-order valence-corrected chi connectivity index (χ3v) is 5.66. The van der Waals surface area contributed by atoms with Crippen molar-refractivity contribution in [2.45, 2.75) is 19.2 Å². The van der Waals surface area contributed by atoms with E-state index in [1.165, 1.54) is 21.2 Å². The van der Waals surface area contributed by atoms with Gasteiger partial charge in [-0.25, -0.2) is 0 Å². The maximum atomic E-state index is 10.5. The summed E-state index contributed by atoms with van der Waals surface area (Å²) in [5.41, 5.74) is 2.48. The summed E-state index contributed by atoms with van der Waals surface area (Å²) in [4.78, 5) is 7.36. The van der Waals surface area contributed by atoms with Crippen molar-refractivity contribution >= 4 is 51.4 Å². The Morgan fingerprint density at radius 2 is 1.76 bits per heavy atom. The van der Waals surface area contributed by atoms with Gasteiger partial charge in [0.25, 0.3) is 0 Å². The third kappa shape index (κ3) is 6.95. The second-order valence-electron chi connectivity index (χ2n) is 7.06. The van der Waals surface area contributed by atoms with Gasteiger partial charge in [-0.3, -0.25) is 4.99 Å². The average molecular weight is 524 g/mol. The fourth-order valence-electron chi connectivity index (χ4n) is 2.99. The second-order valence-corrected chi connectivity index (χ2v) is 8.18. The van der Waals surface area contributed by atoms with Gasteiger partial charge in [0.2, 0.25) is 0 Å². The van der Waals surface area contributed by atoms with E-state index < -0.39 is 6.10 Å². The van der Waals surface area contributed by atoms with Gasteiger partial charge in [-0.1, -0.05) is 42.5 Å². The molecular formula is C22H29IN4OS. The molecule has 0 aliphatic rings. The number of thiophene rings is 1. The summed E-state index contributed by atoms with van der Waals surface area (Å²) in [6, 6.07) is 18.8. The quantitative estimate of drug-likeness (QED) is 0.249. The summed E-state index contributed by atoms with van der Waals surface area (Å²) in [6.45, 7) is 2.03. The molecule has 3 N–H and O–H groups in total. The lowest BCUT2D eigenvalue weighted by molar-refractivity contribution is 0.184. The zero-order valence-electron chi connectivity index (χ0n) is 17.1. The lowest BCUT2D eigenvalue weighted by Crippen LogP contribution is -2.38. The van der Waals surface area contributed by atoms with Crippen LogP contribution in [0.1, 0.15) is 22.1 Å². The summed E-state index contributed by atoms with van der Waals surface area (Å²) in [6.07, 6.45) is -0.568. The molecule has 3 aromatic rings. The maximum Gasteiger partial charge on any atom is 0.191 e. The van der Waals surface area contributed by atoms with Crippen LogP contribution in [-0.4, -0.2) is 43.7 Å². The van der Waals surface area contributed by atoms with E-state index in [-0.39, 0.29) is 24.0 Å². The van der Waals surface area contributed by atoms with E-state index >= 15 is 0 Å². The minimum Gasteiger partial charge on any atom is -0.386 e. The van der Waals surface area contributed by atoms with Crippen molar-refractivity contribution in [1.82, 2.24) is 15.5 Å². The number of nitrogens with zero attached hydrogens (tertiary/aromatic N) is 2. The molecule has 3 rings (SSSR count). The van der Waals surface area contributed by atoms with Crippen LogP contribution in [0.3, 0.4) is 0 Å². The predicted molar refractivity (Wildman–Crippen MR) is 134 cm³/mol. The van der Waals surface area contributed by atoms with Crippen molar-refractivity contribution in [3.05, 3.63) is 70.6 Å². The van der Waals surface area contributed by atoms with Crippen molar-refractivity contribution in [2.75, 3.05) is 27.7 Å². The highest BCUT2D eigenvalue weighted by molar-refractivity contribution is 14.0. The molecule has 0 spiro atoms. The number of aliphatic hydroxyl groups is 1. The van der Waals surface area contributed by atoms with Crippen molar-refractivity contribution in [3.63, 3.8) is 0 Å². The number of aliphatic imine (C=N–C) groups is 1. The van der Waals surface area contributed by atoms with E-state index in [4.69, 9.17) is 0 Å². The van der Waals surface area contributed by atoms with Crippen molar-refractivity contribution < 1.29 is 5.11 Å². The zero-order chi connectivity index (χ0) is 19.9. The van der Waals surface area contributed by atoms with E-state index in [9.17, 15) is 5.11 Å². The molecule has 0 saturated heterocycles. The van der Waals surface area contributed by atoms with Gasteiger partial charge < -0.3 is 20.6 Å². The Kier molecular flexibility index (Phi) is 9.35. The number of halogens is 1. The van der Waals surface area contributed by atoms with E-state index in [0.29, 0.717) is 19.0 Å². The number of fused-ring (bicyclic) bond motifs is 1. The molecule has 0 aliphatic heterocycles. The van der Waals surface area contributed by atoms with Gasteiger partial charge in [0.05, 0.1) is 0 Å². The molecule has 0 fully saturated rings. The third-order valence-electron chi connectivity index (χ3n) is 4.44. The Morgan fingerprint density at radius 1 is 1.07 bits per heavy atom. The normalized spacial score (nSPS) is 12.7. The SMILES string of the molecule is CN=C(NCc1ccc(CN(C)C)cc1)NCC(O)c1cc2ccccc2s1.I. The molecule has 0 radical (unpaired) electrons. The van der Waals surface area contributed by atoms with Crippen LogP contribution in [0.25, 0.3) is 10.1 Å². The van der Waals surface area contributed by atoms with Crippen molar-refractivity contribution in [1.29, 1.82) is 0 Å². The summed E-state index contributed by atoms with van der Waals surface area (Å²) < 4.78 is 1.19. The van der Waals surface area contributed by atoms with Crippen molar-refractivity contribution in [2.24, 2.45) is 4.99 Å². The number of guanidine groups is 1. The Morgan fingerprint density at radius 3 is 2.41 bits per heavy atom. The Bertz CT molecular complexity index is 891. The van der Waals surface area contributed by atoms with Gasteiger partial charge in [0, 0.05) is 36.3 Å². The van der Waals surface area contributed by atoms with Crippen LogP contribution in [0.5, 0.6) is 0 Å². The molecule has 1 heterocycles. The zero-order valence-corrected chi connectivity index (χ0v) is 20.2. The topological polar surface area (TPSA) is 59.9 Å². The second kappa shape index (κ2) is 11.5. The molecule has 7 heteroatoms. The lowest BCUT2D eigenvalue weighted by atomic mass is 10.1. The highest BCUT2D eigenvalue weighted by Gasteiger charge is 2.12. The monoisotopic (exact) mass is 524 g/mol. The van der Waals surface area contributed by atoms with E-state index in [1.54, 1.807) is 18.4 Å². The van der Waals surface area contributed by atoms with Gasteiger partial charge >= 0.3 is 0 Å². The van der Waals surface area contributed by atoms with E-state index in [2.05, 4.69) is 77.1 Å². The molecule has 1 aromatic heterocycles. The molecule has 1 atom stereocenters. The molecule has 29 heavy (non-hydrogen) atoms. The number of nitrogens with one attached hydrogen (secondary N) is 2. The number of aliphatic hydroxyl groups excluding tert-OH is 1. The summed E-state index contributed by atoms with van der Waals surface area (Å²) in [5.74, 6) is 0.678. The number of benzene rings is 2. The first-order chi connectivity index (χ1) is 13.5. The molecule has 0 bridgehead atoms. The standard InChI is InChI=1S/C22H28N4OS.HI/c1-23-22(24-13-16-8-10-17(11-9-16)15-26(2)3)25-14-19(27)21-12-18-6-4-5-7-20(18)28-21;/h4-12,19,27H,13-15H2,1-3H3,(H2,23,24,25);1H. The lowest BCUT2D eigenvalue weighted by Gasteiger charge is -2.15. The van der Waals surface area contributed by atoms with Crippen LogP contribution in [0.4, 0.5) is 0 Å². The Balaban J connectivity index is 0.00000300. The summed E-state index contributed by atoms with van der Waals surface area (Å²) in [7, 11) is 5.87. The Hall–Kier alpha value is -1.68. The maximum absolute atomic E-state index is 10.5. The van der Waals surface area contributed by atoms with Gasteiger partial charge in [-0.2, -0.15) is 0 Å². The first-order valence-corrected chi connectivity index (χ1v) is 10.2. The van der Waals surface area contributed by atoms with E-state index in [1.807, 2.05) is 12.1 Å². The molecule has 0 amide bonds. The van der Waals surface area contributed by atoms with Gasteiger partial charge in [0.1, 0.15) is 6.10 Å². The van der Waals surface area contributed by atoms with Crippen LogP contribution in [-0.2, 0) is 13.1 Å². The molecule has 1 unspecified atom stereocenters. The first-order valence-electron chi connectivity index (χ1n) is 9.39. The smallest absolute Gasteiger partial charge is 0.191 e. The van der Waals surface area contributed by atoms with Crippen LogP contribution in [0.2, 0.25) is 0 Å². The fourth-order valence-corrected chi connectivity index (χ4v) is 4.05. The molecule has 5 nitrogen and oxygen atoms in total. The highest BCUT2D eigenvalue weighted by Crippen LogP contribution is 2.29. The van der Waals surface area contributed by atoms with Crippen LogP contribution < -0.4 is 10.6 Å². The first kappa shape index (κ1) is 23.6.